The van der Waals surface area contributed by atoms with Crippen molar-refractivity contribution < 1.29 is 0 Å². The van der Waals surface area contributed by atoms with E-state index in [9.17, 15) is 0 Å². The Kier molecular flexibility index (Phi) is 4.40. The maximum Gasteiger partial charge on any atom is 0.145 e. The summed E-state index contributed by atoms with van der Waals surface area (Å²) in [5, 5.41) is 0.779. The molecule has 0 aliphatic carbocycles. The Bertz CT molecular complexity index is 498. The second-order valence-electron chi connectivity index (χ2n) is 4.00. The highest BCUT2D eigenvalue weighted by Crippen LogP contribution is 2.30. The Morgan fingerprint density at radius 3 is 2.72 bits per heavy atom. The summed E-state index contributed by atoms with van der Waals surface area (Å²) in [6, 6.07) is 8.04. The molecular formula is C13H13ClIN3. The minimum absolute atomic E-state index is 0.155. The third kappa shape index (κ3) is 2.75. The summed E-state index contributed by atoms with van der Waals surface area (Å²) in [6.07, 6.45) is 3.37. The molecule has 1 heterocycles. The molecule has 0 aliphatic rings. The Labute approximate surface area is 125 Å². The normalized spacial score (nSPS) is 12.2. The SMILES string of the molecule is CC(c1ccccc1Cl)N(C)c1ncncc1I. The first-order chi connectivity index (χ1) is 8.61. The third-order valence-electron chi connectivity index (χ3n) is 2.92. The van der Waals surface area contributed by atoms with Gasteiger partial charge in [-0.3, -0.25) is 0 Å². The van der Waals surface area contributed by atoms with E-state index in [1.165, 1.54) is 0 Å². The summed E-state index contributed by atoms with van der Waals surface area (Å²) in [5.41, 5.74) is 1.09. The molecule has 94 valence electrons. The van der Waals surface area contributed by atoms with E-state index in [2.05, 4.69) is 44.4 Å². The molecule has 2 rings (SSSR count). The van der Waals surface area contributed by atoms with Crippen molar-refractivity contribution in [3.63, 3.8) is 0 Å². The molecule has 0 aliphatic heterocycles. The number of nitrogens with zero attached hydrogens (tertiary/aromatic N) is 3. The first-order valence-corrected chi connectivity index (χ1v) is 6.99. The van der Waals surface area contributed by atoms with Crippen LogP contribution in [-0.4, -0.2) is 17.0 Å². The molecule has 0 N–H and O–H groups in total. The highest BCUT2D eigenvalue weighted by atomic mass is 127. The average molecular weight is 374 g/mol. The number of aromatic nitrogens is 2. The monoisotopic (exact) mass is 373 g/mol. The van der Waals surface area contributed by atoms with Gasteiger partial charge in [-0.1, -0.05) is 29.8 Å². The molecule has 5 heteroatoms. The van der Waals surface area contributed by atoms with Crippen molar-refractivity contribution in [1.29, 1.82) is 0 Å². The Morgan fingerprint density at radius 1 is 1.33 bits per heavy atom. The average Bonchev–Trinajstić information content (AvgIpc) is 2.38. The van der Waals surface area contributed by atoms with E-state index in [0.29, 0.717) is 0 Å². The van der Waals surface area contributed by atoms with Gasteiger partial charge in [-0.05, 0) is 41.1 Å². The lowest BCUT2D eigenvalue weighted by Crippen LogP contribution is -2.23. The minimum atomic E-state index is 0.155. The first-order valence-electron chi connectivity index (χ1n) is 5.54. The summed E-state index contributed by atoms with van der Waals surface area (Å²) in [5.74, 6) is 0.915. The maximum atomic E-state index is 6.23. The van der Waals surface area contributed by atoms with Crippen molar-refractivity contribution >= 4 is 40.0 Å². The molecule has 0 spiro atoms. The molecule has 1 unspecified atom stereocenters. The van der Waals surface area contributed by atoms with Crippen LogP contribution >= 0.6 is 34.2 Å². The van der Waals surface area contributed by atoms with Crippen molar-refractivity contribution in [3.05, 3.63) is 50.9 Å². The molecule has 0 fully saturated rings. The topological polar surface area (TPSA) is 29.0 Å². The quantitative estimate of drug-likeness (QED) is 0.763. The van der Waals surface area contributed by atoms with Gasteiger partial charge in [-0.15, -0.1) is 0 Å². The van der Waals surface area contributed by atoms with Crippen molar-refractivity contribution in [2.45, 2.75) is 13.0 Å². The van der Waals surface area contributed by atoms with Crippen LogP contribution in [0.4, 0.5) is 5.82 Å². The largest absolute Gasteiger partial charge is 0.352 e. The van der Waals surface area contributed by atoms with E-state index in [1.54, 1.807) is 12.5 Å². The first kappa shape index (κ1) is 13.5. The van der Waals surface area contributed by atoms with E-state index in [0.717, 1.165) is 20.0 Å². The van der Waals surface area contributed by atoms with E-state index >= 15 is 0 Å². The van der Waals surface area contributed by atoms with E-state index in [1.807, 2.05) is 31.3 Å². The van der Waals surface area contributed by atoms with Crippen molar-refractivity contribution in [2.75, 3.05) is 11.9 Å². The molecule has 1 aromatic carbocycles. The number of halogens is 2. The summed E-state index contributed by atoms with van der Waals surface area (Å²) >= 11 is 8.47. The summed E-state index contributed by atoms with van der Waals surface area (Å²) in [7, 11) is 2.01. The van der Waals surface area contributed by atoms with Crippen LogP contribution in [0.1, 0.15) is 18.5 Å². The van der Waals surface area contributed by atoms with Gasteiger partial charge in [0.2, 0.25) is 0 Å². The lowest BCUT2D eigenvalue weighted by Gasteiger charge is -2.27. The van der Waals surface area contributed by atoms with E-state index in [-0.39, 0.29) is 6.04 Å². The minimum Gasteiger partial charge on any atom is -0.352 e. The maximum absolute atomic E-state index is 6.23. The van der Waals surface area contributed by atoms with Crippen LogP contribution < -0.4 is 4.90 Å². The van der Waals surface area contributed by atoms with Crippen LogP contribution in [0.5, 0.6) is 0 Å². The zero-order valence-electron chi connectivity index (χ0n) is 10.1. The summed E-state index contributed by atoms with van der Waals surface area (Å²) in [6.45, 7) is 2.11. The number of benzene rings is 1. The van der Waals surface area contributed by atoms with Crippen LogP contribution in [0.25, 0.3) is 0 Å². The van der Waals surface area contributed by atoms with Gasteiger partial charge >= 0.3 is 0 Å². The standard InChI is InChI=1S/C13H13ClIN3/c1-9(10-5-3-4-6-11(10)14)18(2)13-12(15)7-16-8-17-13/h3-9H,1-2H3. The third-order valence-corrected chi connectivity index (χ3v) is 4.02. The van der Waals surface area contributed by atoms with Gasteiger partial charge in [-0.25, -0.2) is 9.97 Å². The molecule has 0 amide bonds. The molecule has 0 saturated carbocycles. The number of rotatable bonds is 3. The highest BCUT2D eigenvalue weighted by Gasteiger charge is 2.17. The van der Waals surface area contributed by atoms with Gasteiger partial charge in [0, 0.05) is 18.3 Å². The zero-order valence-corrected chi connectivity index (χ0v) is 13.1. The van der Waals surface area contributed by atoms with Gasteiger partial charge in [0.25, 0.3) is 0 Å². The van der Waals surface area contributed by atoms with Crippen molar-refractivity contribution in [2.24, 2.45) is 0 Å². The smallest absolute Gasteiger partial charge is 0.145 e. The lowest BCUT2D eigenvalue weighted by molar-refractivity contribution is 0.725. The Hall–Kier alpha value is -0.880. The number of hydrogen-bond acceptors (Lipinski definition) is 3. The lowest BCUT2D eigenvalue weighted by atomic mass is 10.1. The molecule has 18 heavy (non-hydrogen) atoms. The van der Waals surface area contributed by atoms with Gasteiger partial charge < -0.3 is 4.90 Å². The van der Waals surface area contributed by atoms with Gasteiger partial charge in [0.05, 0.1) is 9.61 Å². The van der Waals surface area contributed by atoms with Crippen molar-refractivity contribution in [1.82, 2.24) is 9.97 Å². The van der Waals surface area contributed by atoms with E-state index < -0.39 is 0 Å². The molecule has 2 aromatic rings. The van der Waals surface area contributed by atoms with Crippen LogP contribution in [0.2, 0.25) is 5.02 Å². The fourth-order valence-electron chi connectivity index (χ4n) is 1.77. The zero-order chi connectivity index (χ0) is 13.1. The predicted molar refractivity (Wildman–Crippen MR) is 83.0 cm³/mol. The van der Waals surface area contributed by atoms with Crippen LogP contribution in [-0.2, 0) is 0 Å². The number of hydrogen-bond donors (Lipinski definition) is 0. The Morgan fingerprint density at radius 2 is 2.06 bits per heavy atom. The second-order valence-corrected chi connectivity index (χ2v) is 5.57. The van der Waals surface area contributed by atoms with Gasteiger partial charge in [0.1, 0.15) is 12.1 Å². The molecule has 1 atom stereocenters. The second kappa shape index (κ2) is 5.84. The van der Waals surface area contributed by atoms with Crippen LogP contribution in [0, 0.1) is 3.57 Å². The van der Waals surface area contributed by atoms with Gasteiger partial charge in [0.15, 0.2) is 0 Å². The molecule has 3 nitrogen and oxygen atoms in total. The Balaban J connectivity index is 2.33. The summed E-state index contributed by atoms with van der Waals surface area (Å²) < 4.78 is 1.02. The molecule has 0 bridgehead atoms. The molecule has 1 aromatic heterocycles. The van der Waals surface area contributed by atoms with Crippen LogP contribution in [0.3, 0.4) is 0 Å². The predicted octanol–water partition coefficient (Wildman–Crippen LogP) is 3.93. The molecular weight excluding hydrogens is 361 g/mol. The fourth-order valence-corrected chi connectivity index (χ4v) is 2.75. The molecule has 0 saturated heterocycles. The van der Waals surface area contributed by atoms with Crippen LogP contribution in [0.15, 0.2) is 36.8 Å². The highest BCUT2D eigenvalue weighted by molar-refractivity contribution is 14.1. The summed E-state index contributed by atoms with van der Waals surface area (Å²) in [4.78, 5) is 10.4. The van der Waals surface area contributed by atoms with Crippen molar-refractivity contribution in [3.8, 4) is 0 Å². The van der Waals surface area contributed by atoms with Gasteiger partial charge in [-0.2, -0.15) is 0 Å². The molecule has 0 radical (unpaired) electrons. The fraction of sp³-hybridized carbons (Fsp3) is 0.231. The van der Waals surface area contributed by atoms with E-state index in [4.69, 9.17) is 11.6 Å². The number of anilines is 1.